The first kappa shape index (κ1) is 17.4. The van der Waals surface area contributed by atoms with Gasteiger partial charge >= 0.3 is 5.97 Å². The smallest absolute Gasteiger partial charge is 0.313 e. The molecule has 0 spiro atoms. The molecular formula is C19H22O3S. The normalized spacial score (nSPS) is 10.5. The Morgan fingerprint density at radius 3 is 2.52 bits per heavy atom. The van der Waals surface area contributed by atoms with Crippen LogP contribution in [0, 0.1) is 0 Å². The van der Waals surface area contributed by atoms with Gasteiger partial charge in [0.1, 0.15) is 5.75 Å². The average Bonchev–Trinajstić information content (AvgIpc) is 2.56. The number of thioether (sulfide) groups is 1. The molecule has 0 aliphatic rings. The lowest BCUT2D eigenvalue weighted by atomic mass is 10.1. The Morgan fingerprint density at radius 1 is 1.09 bits per heavy atom. The fraction of sp³-hybridized carbons (Fsp3) is 0.316. The van der Waals surface area contributed by atoms with Crippen LogP contribution in [0.15, 0.2) is 48.5 Å². The summed E-state index contributed by atoms with van der Waals surface area (Å²) >= 11 is 1.39. The highest BCUT2D eigenvalue weighted by molar-refractivity contribution is 7.99. The summed E-state index contributed by atoms with van der Waals surface area (Å²) in [4.78, 5) is 10.5. The molecule has 122 valence electrons. The largest absolute Gasteiger partial charge is 0.493 e. The van der Waals surface area contributed by atoms with E-state index in [9.17, 15) is 4.79 Å². The van der Waals surface area contributed by atoms with Crippen molar-refractivity contribution in [3.05, 3.63) is 65.2 Å². The second kappa shape index (κ2) is 9.26. The lowest BCUT2D eigenvalue weighted by Gasteiger charge is -2.08. The Balaban J connectivity index is 1.79. The first-order valence-corrected chi connectivity index (χ1v) is 8.92. The van der Waals surface area contributed by atoms with Crippen molar-refractivity contribution in [1.82, 2.24) is 0 Å². The van der Waals surface area contributed by atoms with Crippen molar-refractivity contribution >= 4 is 17.7 Å². The average molecular weight is 330 g/mol. The Hall–Kier alpha value is -1.94. The van der Waals surface area contributed by atoms with Gasteiger partial charge in [-0.05, 0) is 35.2 Å². The minimum atomic E-state index is -0.781. The van der Waals surface area contributed by atoms with Gasteiger partial charge in [-0.15, -0.1) is 11.8 Å². The molecule has 0 heterocycles. The summed E-state index contributed by atoms with van der Waals surface area (Å²) in [6.07, 6.45) is 1.94. The maximum atomic E-state index is 10.5. The number of benzene rings is 2. The van der Waals surface area contributed by atoms with E-state index in [1.807, 2.05) is 24.3 Å². The maximum absolute atomic E-state index is 10.5. The van der Waals surface area contributed by atoms with E-state index >= 15 is 0 Å². The van der Waals surface area contributed by atoms with Gasteiger partial charge in [0.25, 0.3) is 0 Å². The van der Waals surface area contributed by atoms with Crippen LogP contribution in [-0.2, 0) is 23.4 Å². The van der Waals surface area contributed by atoms with Gasteiger partial charge in [0.15, 0.2) is 0 Å². The Kier molecular flexibility index (Phi) is 7.01. The molecule has 0 atom stereocenters. The molecule has 1 N–H and O–H groups in total. The van der Waals surface area contributed by atoms with Gasteiger partial charge in [-0.3, -0.25) is 4.79 Å². The number of hydrogen-bond acceptors (Lipinski definition) is 3. The molecular weight excluding hydrogens is 308 g/mol. The zero-order valence-electron chi connectivity index (χ0n) is 13.3. The molecule has 2 aromatic carbocycles. The van der Waals surface area contributed by atoms with E-state index in [1.54, 1.807) is 0 Å². The minimum Gasteiger partial charge on any atom is -0.493 e. The topological polar surface area (TPSA) is 46.5 Å². The highest BCUT2D eigenvalue weighted by atomic mass is 32.2. The molecule has 0 fully saturated rings. The number of aliphatic carboxylic acids is 1. The number of carbonyl (C=O) groups is 1. The Bertz CT molecular complexity index is 623. The molecule has 0 aromatic heterocycles. The van der Waals surface area contributed by atoms with Crippen LogP contribution in [0.4, 0.5) is 0 Å². The summed E-state index contributed by atoms with van der Waals surface area (Å²) in [5.41, 5.74) is 3.71. The lowest BCUT2D eigenvalue weighted by Crippen LogP contribution is -2.02. The van der Waals surface area contributed by atoms with Crippen molar-refractivity contribution in [2.75, 3.05) is 12.4 Å². The third-order valence-electron chi connectivity index (χ3n) is 3.48. The molecule has 2 aromatic rings. The van der Waals surface area contributed by atoms with E-state index in [0.29, 0.717) is 12.4 Å². The predicted molar refractivity (Wildman–Crippen MR) is 95.3 cm³/mol. The maximum Gasteiger partial charge on any atom is 0.313 e. The van der Waals surface area contributed by atoms with Crippen LogP contribution >= 0.6 is 11.8 Å². The van der Waals surface area contributed by atoms with Crippen molar-refractivity contribution in [2.24, 2.45) is 0 Å². The van der Waals surface area contributed by atoms with E-state index in [4.69, 9.17) is 9.84 Å². The van der Waals surface area contributed by atoms with Crippen LogP contribution in [0.3, 0.4) is 0 Å². The van der Waals surface area contributed by atoms with E-state index in [-0.39, 0.29) is 5.75 Å². The summed E-state index contributed by atoms with van der Waals surface area (Å²) in [6.45, 7) is 2.79. The molecule has 0 bridgehead atoms. The summed E-state index contributed by atoms with van der Waals surface area (Å²) in [7, 11) is 0. The summed E-state index contributed by atoms with van der Waals surface area (Å²) < 4.78 is 5.81. The monoisotopic (exact) mass is 330 g/mol. The van der Waals surface area contributed by atoms with Crippen molar-refractivity contribution in [3.8, 4) is 5.75 Å². The highest BCUT2D eigenvalue weighted by Gasteiger charge is 2.01. The molecule has 0 saturated heterocycles. The number of carboxylic acid groups (broad SMARTS) is 1. The summed E-state index contributed by atoms with van der Waals surface area (Å²) in [5.74, 6) is 0.862. The number of rotatable bonds is 9. The fourth-order valence-electron chi connectivity index (χ4n) is 2.21. The van der Waals surface area contributed by atoms with E-state index in [2.05, 4.69) is 31.2 Å². The van der Waals surface area contributed by atoms with Crippen LogP contribution in [0.5, 0.6) is 5.75 Å². The second-order valence-corrected chi connectivity index (χ2v) is 6.29. The van der Waals surface area contributed by atoms with Crippen LogP contribution in [0.25, 0.3) is 0 Å². The third kappa shape index (κ3) is 6.37. The SMILES string of the molecule is CCc1ccc(CCOc2cccc(CSCC(=O)O)c2)cc1. The van der Waals surface area contributed by atoms with Gasteiger partial charge in [0, 0.05) is 12.2 Å². The van der Waals surface area contributed by atoms with Gasteiger partial charge in [-0.1, -0.05) is 43.3 Å². The number of aryl methyl sites for hydroxylation is 1. The Morgan fingerprint density at radius 2 is 1.83 bits per heavy atom. The molecule has 23 heavy (non-hydrogen) atoms. The molecule has 0 saturated carbocycles. The van der Waals surface area contributed by atoms with Crippen LogP contribution in [0.2, 0.25) is 0 Å². The molecule has 0 amide bonds. The van der Waals surface area contributed by atoms with Crippen LogP contribution in [-0.4, -0.2) is 23.4 Å². The molecule has 4 heteroatoms. The van der Waals surface area contributed by atoms with E-state index < -0.39 is 5.97 Å². The zero-order valence-corrected chi connectivity index (χ0v) is 14.1. The molecule has 3 nitrogen and oxygen atoms in total. The first-order valence-electron chi connectivity index (χ1n) is 7.76. The standard InChI is InChI=1S/C19H22O3S/c1-2-15-6-8-16(9-7-15)10-11-22-18-5-3-4-17(12-18)13-23-14-19(20)21/h3-9,12H,2,10-11,13-14H2,1H3,(H,20,21). The highest BCUT2D eigenvalue weighted by Crippen LogP contribution is 2.18. The van der Waals surface area contributed by atoms with Gasteiger partial charge in [0.2, 0.25) is 0 Å². The number of ether oxygens (including phenoxy) is 1. The third-order valence-corrected chi connectivity index (χ3v) is 4.47. The van der Waals surface area contributed by atoms with E-state index in [0.717, 1.165) is 24.2 Å². The molecule has 0 unspecified atom stereocenters. The van der Waals surface area contributed by atoms with Crippen LogP contribution < -0.4 is 4.74 Å². The number of hydrogen-bond donors (Lipinski definition) is 1. The molecule has 0 aliphatic carbocycles. The lowest BCUT2D eigenvalue weighted by molar-refractivity contribution is -0.133. The summed E-state index contributed by atoms with van der Waals surface area (Å²) in [5, 5.41) is 8.66. The predicted octanol–water partition coefficient (Wildman–Crippen LogP) is 4.19. The van der Waals surface area contributed by atoms with Gasteiger partial charge in [0.05, 0.1) is 12.4 Å². The van der Waals surface area contributed by atoms with Crippen molar-refractivity contribution in [3.63, 3.8) is 0 Å². The van der Waals surface area contributed by atoms with Crippen molar-refractivity contribution < 1.29 is 14.6 Å². The van der Waals surface area contributed by atoms with E-state index in [1.165, 1.54) is 22.9 Å². The number of carboxylic acids is 1. The fourth-order valence-corrected chi connectivity index (χ4v) is 2.90. The van der Waals surface area contributed by atoms with Gasteiger partial charge in [-0.2, -0.15) is 0 Å². The molecule has 0 aliphatic heterocycles. The van der Waals surface area contributed by atoms with Crippen LogP contribution in [0.1, 0.15) is 23.6 Å². The molecule has 2 rings (SSSR count). The van der Waals surface area contributed by atoms with Crippen molar-refractivity contribution in [2.45, 2.75) is 25.5 Å². The quantitative estimate of drug-likeness (QED) is 0.749. The minimum absolute atomic E-state index is 0.124. The Labute approximate surface area is 141 Å². The molecule has 0 radical (unpaired) electrons. The zero-order chi connectivity index (χ0) is 16.5. The van der Waals surface area contributed by atoms with Gasteiger partial charge in [-0.25, -0.2) is 0 Å². The first-order chi connectivity index (χ1) is 11.2. The van der Waals surface area contributed by atoms with Crippen molar-refractivity contribution in [1.29, 1.82) is 0 Å². The summed E-state index contributed by atoms with van der Waals surface area (Å²) in [6, 6.07) is 16.5. The second-order valence-electron chi connectivity index (χ2n) is 5.30. The van der Waals surface area contributed by atoms with Gasteiger partial charge < -0.3 is 9.84 Å².